The van der Waals surface area contributed by atoms with Crippen LogP contribution in [0.1, 0.15) is 18.4 Å². The molecule has 2 aromatic heterocycles. The average Bonchev–Trinajstić information content (AvgIpc) is 3.17. The first kappa shape index (κ1) is 21.2. The maximum atomic E-state index is 12.7. The number of aromatic nitrogens is 2. The Morgan fingerprint density at radius 1 is 1.23 bits per heavy atom. The Morgan fingerprint density at radius 2 is 1.90 bits per heavy atom. The smallest absolute Gasteiger partial charge is 0.380 e. The van der Waals surface area contributed by atoms with E-state index < -0.39 is 21.6 Å². The van der Waals surface area contributed by atoms with Gasteiger partial charge in [0.2, 0.25) is 5.69 Å². The van der Waals surface area contributed by atoms with Crippen molar-refractivity contribution in [2.75, 3.05) is 17.7 Å². The molecule has 0 amide bonds. The highest BCUT2D eigenvalue weighted by molar-refractivity contribution is 7.91. The first-order valence-corrected chi connectivity index (χ1v) is 11.2. The summed E-state index contributed by atoms with van der Waals surface area (Å²) in [4.78, 5) is 12.7. The van der Waals surface area contributed by atoms with Gasteiger partial charge in [-0.15, -0.1) is 0 Å². The number of rotatable bonds is 5. The number of alkyl halides is 3. The summed E-state index contributed by atoms with van der Waals surface area (Å²) < 4.78 is 63.4. The van der Waals surface area contributed by atoms with E-state index in [-0.39, 0.29) is 22.6 Å². The zero-order valence-corrected chi connectivity index (χ0v) is 17.3. The van der Waals surface area contributed by atoms with Crippen molar-refractivity contribution >= 4 is 32.2 Å². The fourth-order valence-corrected chi connectivity index (χ4v) is 5.66. The van der Waals surface area contributed by atoms with Crippen LogP contribution in [0.15, 0.2) is 47.6 Å². The maximum Gasteiger partial charge on any atom is 0.416 e. The van der Waals surface area contributed by atoms with E-state index in [1.165, 1.54) is 6.20 Å². The van der Waals surface area contributed by atoms with Gasteiger partial charge < -0.3 is 9.88 Å². The van der Waals surface area contributed by atoms with E-state index in [1.54, 1.807) is 6.20 Å². The van der Waals surface area contributed by atoms with E-state index in [2.05, 4.69) is 14.8 Å². The zero-order chi connectivity index (χ0) is 22.4. The van der Waals surface area contributed by atoms with E-state index in [0.717, 1.165) is 35.3 Å². The number of anilines is 1. The molecule has 3 aromatic rings. The van der Waals surface area contributed by atoms with Crippen molar-refractivity contribution in [2.45, 2.75) is 30.0 Å². The molecular weight excluding hydrogens is 429 g/mol. The Bertz CT molecular complexity index is 1250. The van der Waals surface area contributed by atoms with Gasteiger partial charge in [-0.2, -0.15) is 13.2 Å². The summed E-state index contributed by atoms with van der Waals surface area (Å²) in [6.45, 7) is 7.43. The van der Waals surface area contributed by atoms with Crippen LogP contribution in [0, 0.1) is 12.5 Å². The predicted molar refractivity (Wildman–Crippen MR) is 111 cm³/mol. The molecule has 1 aliphatic carbocycles. The molecule has 0 bridgehead atoms. The van der Waals surface area contributed by atoms with Crippen molar-refractivity contribution in [2.24, 2.45) is 5.92 Å². The highest BCUT2D eigenvalue weighted by Gasteiger charge is 2.37. The second kappa shape index (κ2) is 7.57. The number of benzene rings is 1. The summed E-state index contributed by atoms with van der Waals surface area (Å²) in [5, 5.41) is 0.830. The normalized spacial score (nSPS) is 19.1. The molecule has 2 heterocycles. The number of H-pyrrole nitrogens is 1. The van der Waals surface area contributed by atoms with Crippen LogP contribution < -0.4 is 4.90 Å². The Balaban J connectivity index is 1.45. The van der Waals surface area contributed by atoms with E-state index in [0.29, 0.717) is 24.2 Å². The number of hydrogen-bond acceptors (Lipinski definition) is 4. The number of fused-ring (bicyclic) bond motifs is 1. The molecule has 1 aromatic carbocycles. The van der Waals surface area contributed by atoms with Crippen molar-refractivity contribution in [3.63, 3.8) is 0 Å². The molecule has 1 aliphatic rings. The van der Waals surface area contributed by atoms with E-state index in [4.69, 9.17) is 6.57 Å². The van der Waals surface area contributed by atoms with Gasteiger partial charge in [0.1, 0.15) is 5.65 Å². The highest BCUT2D eigenvalue weighted by Crippen LogP contribution is 2.41. The van der Waals surface area contributed by atoms with Gasteiger partial charge in [-0.3, -0.25) is 4.98 Å². The summed E-state index contributed by atoms with van der Waals surface area (Å²) in [6, 6.07) is 5.54. The van der Waals surface area contributed by atoms with Crippen molar-refractivity contribution in [1.82, 2.24) is 9.97 Å². The fraction of sp³-hybridized carbons (Fsp3) is 0.333. The summed E-state index contributed by atoms with van der Waals surface area (Å²) in [5.74, 6) is -0.214. The third kappa shape index (κ3) is 3.97. The zero-order valence-electron chi connectivity index (χ0n) is 16.5. The van der Waals surface area contributed by atoms with Crippen LogP contribution in [0.3, 0.4) is 0 Å². The Kier molecular flexibility index (Phi) is 5.17. The summed E-state index contributed by atoms with van der Waals surface area (Å²) in [6.07, 6.45) is -0.00792. The molecule has 0 atom stereocenters. The Hall–Kier alpha value is -3.06. The standard InChI is InChI=1S/C21H19F3N4O2S/c1-25-18-11-27-20-17(7-8-26-20)19(18)28(2)15-9-13(10-15)12-31(29,30)16-5-3-14(4-6-16)21(22,23)24/h3-8,11,13,15H,9-10,12H2,2H3,(H,26,27). The largest absolute Gasteiger partial charge is 0.416 e. The quantitative estimate of drug-likeness (QED) is 0.568. The molecule has 0 spiro atoms. The molecule has 1 saturated carbocycles. The topological polar surface area (TPSA) is 70.4 Å². The van der Waals surface area contributed by atoms with E-state index >= 15 is 0 Å². The number of nitrogens with one attached hydrogen (secondary N) is 1. The van der Waals surface area contributed by atoms with Gasteiger partial charge in [-0.05, 0) is 49.1 Å². The minimum absolute atomic E-state index is 0.0637. The number of aromatic amines is 1. The molecule has 0 radical (unpaired) electrons. The lowest BCUT2D eigenvalue weighted by Crippen LogP contribution is -2.45. The first-order chi connectivity index (χ1) is 14.6. The molecule has 162 valence electrons. The van der Waals surface area contributed by atoms with E-state index in [9.17, 15) is 21.6 Å². The fourth-order valence-electron chi connectivity index (χ4n) is 4.03. The molecule has 0 aliphatic heterocycles. The Morgan fingerprint density at radius 3 is 2.52 bits per heavy atom. The van der Waals surface area contributed by atoms with Crippen LogP contribution in [0.4, 0.5) is 24.5 Å². The van der Waals surface area contributed by atoms with Crippen molar-refractivity contribution in [1.29, 1.82) is 0 Å². The lowest BCUT2D eigenvalue weighted by atomic mass is 9.80. The minimum atomic E-state index is -4.50. The van der Waals surface area contributed by atoms with Crippen LogP contribution >= 0.6 is 0 Å². The molecule has 0 unspecified atom stereocenters. The number of hydrogen-bond donors (Lipinski definition) is 1. The van der Waals surface area contributed by atoms with Crippen LogP contribution in [0.2, 0.25) is 0 Å². The van der Waals surface area contributed by atoms with Crippen molar-refractivity contribution in [3.05, 3.63) is 59.7 Å². The molecule has 31 heavy (non-hydrogen) atoms. The molecule has 6 nitrogen and oxygen atoms in total. The Labute approximate surface area is 177 Å². The highest BCUT2D eigenvalue weighted by atomic mass is 32.2. The first-order valence-electron chi connectivity index (χ1n) is 9.56. The van der Waals surface area contributed by atoms with Gasteiger partial charge in [0, 0.05) is 30.9 Å². The molecule has 4 rings (SSSR count). The maximum absolute atomic E-state index is 12.7. The molecule has 1 fully saturated rings. The van der Waals surface area contributed by atoms with Gasteiger partial charge in [-0.25, -0.2) is 13.3 Å². The number of sulfone groups is 1. The average molecular weight is 448 g/mol. The summed E-state index contributed by atoms with van der Waals surface area (Å²) in [7, 11) is -1.81. The molecule has 10 heteroatoms. The van der Waals surface area contributed by atoms with Gasteiger partial charge >= 0.3 is 6.18 Å². The van der Waals surface area contributed by atoms with Crippen LogP contribution in [0.5, 0.6) is 0 Å². The number of halogens is 3. The molecule has 1 N–H and O–H groups in total. The predicted octanol–water partition coefficient (Wildman–Crippen LogP) is 4.82. The van der Waals surface area contributed by atoms with Crippen LogP contribution in [-0.2, 0) is 16.0 Å². The van der Waals surface area contributed by atoms with Gasteiger partial charge in [0.25, 0.3) is 0 Å². The monoisotopic (exact) mass is 448 g/mol. The second-order valence-electron chi connectivity index (χ2n) is 7.75. The van der Waals surface area contributed by atoms with Crippen molar-refractivity contribution < 1.29 is 21.6 Å². The van der Waals surface area contributed by atoms with Crippen LogP contribution in [-0.4, -0.2) is 37.2 Å². The molecular formula is C21H19F3N4O2S. The van der Waals surface area contributed by atoms with Crippen LogP contribution in [0.25, 0.3) is 15.9 Å². The van der Waals surface area contributed by atoms with Gasteiger partial charge in [0.05, 0.1) is 28.5 Å². The van der Waals surface area contributed by atoms with Crippen molar-refractivity contribution in [3.8, 4) is 0 Å². The molecule has 0 saturated heterocycles. The number of nitrogens with zero attached hydrogens (tertiary/aromatic N) is 3. The third-order valence-corrected chi connectivity index (χ3v) is 7.67. The second-order valence-corrected chi connectivity index (χ2v) is 9.78. The SMILES string of the molecule is [C-]#[N+]c1cnc2[nH]ccc2c1N(C)C1CC(CS(=O)(=O)c2ccc(C(F)(F)F)cc2)C1. The lowest BCUT2D eigenvalue weighted by molar-refractivity contribution is -0.137. The van der Waals surface area contributed by atoms with Gasteiger partial charge in [0.15, 0.2) is 9.84 Å². The number of pyridine rings is 1. The minimum Gasteiger partial charge on any atom is -0.380 e. The lowest BCUT2D eigenvalue weighted by Gasteiger charge is -2.42. The van der Waals surface area contributed by atoms with Gasteiger partial charge in [-0.1, -0.05) is 0 Å². The summed E-state index contributed by atoms with van der Waals surface area (Å²) in [5.41, 5.74) is 0.988. The third-order valence-electron chi connectivity index (χ3n) is 5.77. The summed E-state index contributed by atoms with van der Waals surface area (Å²) >= 11 is 0. The van der Waals surface area contributed by atoms with E-state index in [1.807, 2.05) is 18.0 Å².